The van der Waals surface area contributed by atoms with Crippen molar-refractivity contribution in [1.82, 2.24) is 9.21 Å². The van der Waals surface area contributed by atoms with E-state index in [1.165, 1.54) is 34.6 Å². The number of hydrogen-bond acceptors (Lipinski definition) is 6. The predicted molar refractivity (Wildman–Crippen MR) is 139 cm³/mol. The minimum atomic E-state index is -4.86. The van der Waals surface area contributed by atoms with Crippen molar-refractivity contribution < 1.29 is 35.5 Å². The molecule has 0 bridgehead atoms. The van der Waals surface area contributed by atoms with Crippen molar-refractivity contribution in [3.05, 3.63) is 53.0 Å². The van der Waals surface area contributed by atoms with E-state index in [-0.39, 0.29) is 56.0 Å². The highest BCUT2D eigenvalue weighted by atomic mass is 32.2. The molecule has 210 valence electrons. The third kappa shape index (κ3) is 5.96. The van der Waals surface area contributed by atoms with E-state index < -0.39 is 33.8 Å². The quantitative estimate of drug-likeness (QED) is 0.402. The van der Waals surface area contributed by atoms with Crippen molar-refractivity contribution in [3.63, 3.8) is 0 Å². The van der Waals surface area contributed by atoms with E-state index in [0.29, 0.717) is 30.4 Å². The van der Waals surface area contributed by atoms with Crippen molar-refractivity contribution in [2.75, 3.05) is 44.2 Å². The molecule has 2 saturated heterocycles. The molecule has 1 aromatic carbocycles. The summed E-state index contributed by atoms with van der Waals surface area (Å²) < 4.78 is 95.5. The van der Waals surface area contributed by atoms with Crippen LogP contribution in [0.1, 0.15) is 31.7 Å². The number of piperazine rings is 1. The number of nitrogens with zero attached hydrogens (tertiary/aromatic N) is 3. The summed E-state index contributed by atoms with van der Waals surface area (Å²) >= 11 is 5.28. The van der Waals surface area contributed by atoms with Crippen LogP contribution < -0.4 is 4.90 Å². The molecule has 1 aliphatic carbocycles. The second-order valence-electron chi connectivity index (χ2n) is 10.1. The summed E-state index contributed by atoms with van der Waals surface area (Å²) in [5.41, 5.74) is -2.81. The van der Waals surface area contributed by atoms with Gasteiger partial charge in [-0.1, -0.05) is 36.5 Å². The third-order valence-electron chi connectivity index (χ3n) is 7.39. The summed E-state index contributed by atoms with van der Waals surface area (Å²) in [5, 5.41) is 10.0. The fourth-order valence-electron chi connectivity index (χ4n) is 4.94. The second-order valence-corrected chi connectivity index (χ2v) is 12.5. The summed E-state index contributed by atoms with van der Waals surface area (Å²) in [6.07, 6.45) is -0.222. The Kier molecular flexibility index (Phi) is 8.08. The van der Waals surface area contributed by atoms with Gasteiger partial charge < -0.3 is 14.9 Å². The molecule has 2 atom stereocenters. The van der Waals surface area contributed by atoms with Crippen LogP contribution in [0.15, 0.2) is 47.4 Å². The largest absolute Gasteiger partial charge is 0.421 e. The van der Waals surface area contributed by atoms with Gasteiger partial charge in [0.25, 0.3) is 5.92 Å². The molecule has 0 saturated carbocycles. The number of anilines is 1. The Morgan fingerprint density at radius 1 is 1.08 bits per heavy atom. The van der Waals surface area contributed by atoms with Gasteiger partial charge in [-0.3, -0.25) is 0 Å². The molecule has 2 fully saturated rings. The van der Waals surface area contributed by atoms with Crippen LogP contribution in [0.4, 0.5) is 27.6 Å². The number of benzene rings is 1. The highest BCUT2D eigenvalue weighted by Crippen LogP contribution is 2.39. The number of allylic oxidation sites excluding steroid dienone is 4. The standard InChI is InChI=1S/C25H30F5N3O3S2/c1-23(34,25(28,29)30)18-6-8-19(9-7-18)33-15-14-32(38(35,36)22-5-3-2-4-21(22)37)17-20(33)16-31-12-10-24(26,27)11-13-31/h2-3,5-9,20,34H,4,10-17H2,1H3. The Hall–Kier alpha value is -1.93. The lowest BCUT2D eigenvalue weighted by Gasteiger charge is -2.45. The molecule has 0 aromatic heterocycles. The van der Waals surface area contributed by atoms with Crippen LogP contribution in [0, 0.1) is 0 Å². The number of hydrogen-bond donors (Lipinski definition) is 1. The molecule has 38 heavy (non-hydrogen) atoms. The van der Waals surface area contributed by atoms with E-state index in [1.807, 2.05) is 9.80 Å². The smallest absolute Gasteiger partial charge is 0.376 e. The van der Waals surface area contributed by atoms with Crippen LogP contribution in [0.5, 0.6) is 0 Å². The maximum Gasteiger partial charge on any atom is 0.421 e. The van der Waals surface area contributed by atoms with Gasteiger partial charge in [0.05, 0.1) is 10.9 Å². The van der Waals surface area contributed by atoms with E-state index in [9.17, 15) is 35.5 Å². The van der Waals surface area contributed by atoms with Gasteiger partial charge in [-0.05, 0) is 30.7 Å². The van der Waals surface area contributed by atoms with Gasteiger partial charge in [0.1, 0.15) is 0 Å². The molecule has 0 spiro atoms. The molecule has 2 aliphatic heterocycles. The molecule has 1 N–H and O–H groups in total. The number of aliphatic hydroxyl groups is 1. The van der Waals surface area contributed by atoms with Crippen molar-refractivity contribution in [3.8, 4) is 0 Å². The Labute approximate surface area is 224 Å². The first-order chi connectivity index (χ1) is 17.6. The lowest BCUT2D eigenvalue weighted by atomic mass is 9.95. The number of rotatable bonds is 6. The highest BCUT2D eigenvalue weighted by molar-refractivity contribution is 7.96. The first kappa shape index (κ1) is 29.1. The fraction of sp³-hybridized carbons (Fsp3) is 0.560. The Morgan fingerprint density at radius 3 is 2.29 bits per heavy atom. The van der Waals surface area contributed by atoms with Crippen LogP contribution >= 0.6 is 12.2 Å². The predicted octanol–water partition coefficient (Wildman–Crippen LogP) is 4.22. The molecular formula is C25H30F5N3O3S2. The van der Waals surface area contributed by atoms with Gasteiger partial charge in [-0.2, -0.15) is 17.5 Å². The number of likely N-dealkylation sites (tertiary alicyclic amines) is 1. The van der Waals surface area contributed by atoms with Gasteiger partial charge in [0, 0.05) is 69.1 Å². The van der Waals surface area contributed by atoms with E-state index in [0.717, 1.165) is 0 Å². The van der Waals surface area contributed by atoms with Crippen molar-refractivity contribution in [2.24, 2.45) is 0 Å². The number of sulfonamides is 1. The topological polar surface area (TPSA) is 64.1 Å². The SMILES string of the molecule is CC(O)(c1ccc(N2CCN(S(=O)(=O)C3=CC=CCC3=S)CC2CN2CCC(F)(F)CC2)cc1)C(F)(F)F. The first-order valence-electron chi connectivity index (χ1n) is 12.3. The summed E-state index contributed by atoms with van der Waals surface area (Å²) in [6, 6.07) is 4.86. The van der Waals surface area contributed by atoms with Crippen LogP contribution in [-0.4, -0.2) is 85.0 Å². The monoisotopic (exact) mass is 579 g/mol. The molecule has 2 unspecified atom stereocenters. The Morgan fingerprint density at radius 2 is 1.71 bits per heavy atom. The maximum absolute atomic E-state index is 13.7. The average molecular weight is 580 g/mol. The molecule has 0 radical (unpaired) electrons. The maximum atomic E-state index is 13.7. The van der Waals surface area contributed by atoms with E-state index in [4.69, 9.17) is 12.2 Å². The summed E-state index contributed by atoms with van der Waals surface area (Å²) in [5.74, 6) is -2.74. The van der Waals surface area contributed by atoms with Gasteiger partial charge in [0.15, 0.2) is 5.60 Å². The van der Waals surface area contributed by atoms with Crippen LogP contribution in [0.25, 0.3) is 0 Å². The zero-order chi connectivity index (χ0) is 27.9. The summed E-state index contributed by atoms with van der Waals surface area (Å²) in [7, 11) is -3.90. The zero-order valence-electron chi connectivity index (χ0n) is 20.8. The van der Waals surface area contributed by atoms with Gasteiger partial charge in [-0.15, -0.1) is 0 Å². The average Bonchev–Trinajstić information content (AvgIpc) is 2.85. The Balaban J connectivity index is 1.59. The molecule has 0 amide bonds. The third-order valence-corrected chi connectivity index (χ3v) is 9.86. The molecule has 1 aromatic rings. The van der Waals surface area contributed by atoms with E-state index in [2.05, 4.69) is 0 Å². The molecular weight excluding hydrogens is 549 g/mol. The second kappa shape index (κ2) is 10.6. The van der Waals surface area contributed by atoms with Crippen LogP contribution in [0.3, 0.4) is 0 Å². The first-order valence-corrected chi connectivity index (χ1v) is 14.1. The number of alkyl halides is 5. The van der Waals surface area contributed by atoms with Gasteiger partial charge in [-0.25, -0.2) is 17.2 Å². The van der Waals surface area contributed by atoms with Crippen LogP contribution in [0.2, 0.25) is 0 Å². The molecule has 2 heterocycles. The zero-order valence-corrected chi connectivity index (χ0v) is 22.4. The normalized spacial score (nSPS) is 25.2. The van der Waals surface area contributed by atoms with Crippen LogP contribution in [-0.2, 0) is 15.6 Å². The Bertz CT molecular complexity index is 1200. The lowest BCUT2D eigenvalue weighted by Crippen LogP contribution is -2.59. The van der Waals surface area contributed by atoms with Crippen molar-refractivity contribution in [2.45, 2.75) is 49.9 Å². The van der Waals surface area contributed by atoms with E-state index >= 15 is 0 Å². The molecule has 3 aliphatic rings. The molecule has 13 heteroatoms. The lowest BCUT2D eigenvalue weighted by molar-refractivity contribution is -0.258. The van der Waals surface area contributed by atoms with Crippen molar-refractivity contribution in [1.29, 1.82) is 0 Å². The van der Waals surface area contributed by atoms with Gasteiger partial charge in [0.2, 0.25) is 10.0 Å². The molecule has 4 rings (SSSR count). The summed E-state index contributed by atoms with van der Waals surface area (Å²) in [6.45, 7) is 1.69. The fourth-order valence-corrected chi connectivity index (χ4v) is 7.01. The number of thiocarbonyl (C=S) groups is 1. The minimum absolute atomic E-state index is 0.0565. The van der Waals surface area contributed by atoms with Gasteiger partial charge >= 0.3 is 6.18 Å². The minimum Gasteiger partial charge on any atom is -0.376 e. The molecule has 6 nitrogen and oxygen atoms in total. The highest BCUT2D eigenvalue weighted by Gasteiger charge is 2.51. The van der Waals surface area contributed by atoms with Crippen molar-refractivity contribution >= 4 is 32.8 Å². The van der Waals surface area contributed by atoms with E-state index in [1.54, 1.807) is 12.2 Å². The number of piperidine rings is 1. The summed E-state index contributed by atoms with van der Waals surface area (Å²) in [4.78, 5) is 4.13. The number of halogens is 5.